The molecule has 0 saturated heterocycles. The number of nitrogens with zero attached hydrogens (tertiary/aromatic N) is 1. The molecule has 0 aliphatic heterocycles. The summed E-state index contributed by atoms with van der Waals surface area (Å²) < 4.78 is 22.3. The average Bonchev–Trinajstić information content (AvgIpc) is 3.08. The van der Waals surface area contributed by atoms with Gasteiger partial charge in [-0.3, -0.25) is 14.4 Å². The summed E-state index contributed by atoms with van der Waals surface area (Å²) in [4.78, 5) is 54.5. The molecule has 1 aliphatic carbocycles. The molecule has 2 N–H and O–H groups in total. The number of ether oxygens (including phenoxy) is 3. The number of fused-ring (bicyclic) bond motifs is 1. The summed E-state index contributed by atoms with van der Waals surface area (Å²) in [6, 6.07) is 18.2. The van der Waals surface area contributed by atoms with Crippen molar-refractivity contribution in [2.24, 2.45) is 0 Å². The maximum absolute atomic E-state index is 13.6. The van der Waals surface area contributed by atoms with Crippen molar-refractivity contribution in [1.82, 2.24) is 4.90 Å². The molecular weight excluding hydrogens is 626 g/mol. The monoisotopic (exact) mass is 669 g/mol. The molecule has 11 nitrogen and oxygen atoms in total. The van der Waals surface area contributed by atoms with E-state index in [1.165, 1.54) is 32.8 Å². The summed E-state index contributed by atoms with van der Waals surface area (Å²) in [5.41, 5.74) is 1.06. The van der Waals surface area contributed by atoms with Crippen molar-refractivity contribution in [2.45, 2.75) is 70.9 Å². The van der Waals surface area contributed by atoms with Crippen LogP contribution in [0.2, 0.25) is 0 Å². The zero-order valence-electron chi connectivity index (χ0n) is 28.6. The molecule has 5 rings (SSSR count). The lowest BCUT2D eigenvalue weighted by atomic mass is 9.94. The van der Waals surface area contributed by atoms with E-state index in [0.717, 1.165) is 37.3 Å². The van der Waals surface area contributed by atoms with E-state index in [1.807, 2.05) is 37.8 Å². The summed E-state index contributed by atoms with van der Waals surface area (Å²) in [6.07, 6.45) is 5.67. The number of methoxy groups -OCH3 is 2. The van der Waals surface area contributed by atoms with Gasteiger partial charge in [0, 0.05) is 30.4 Å². The number of anilines is 2. The lowest BCUT2D eigenvalue weighted by Crippen LogP contribution is -2.45. The minimum absolute atomic E-state index is 0.0960. The Kier molecular flexibility index (Phi) is 10.9. The Balaban J connectivity index is 1.31. The third kappa shape index (κ3) is 8.78. The van der Waals surface area contributed by atoms with E-state index < -0.39 is 17.4 Å². The van der Waals surface area contributed by atoms with Gasteiger partial charge in [0.15, 0.2) is 22.7 Å². The molecule has 0 bridgehead atoms. The summed E-state index contributed by atoms with van der Waals surface area (Å²) in [7, 11) is 2.88. The Morgan fingerprint density at radius 1 is 0.857 bits per heavy atom. The lowest BCUT2D eigenvalue weighted by molar-refractivity contribution is 0.0124. The summed E-state index contributed by atoms with van der Waals surface area (Å²) >= 11 is 0. The Morgan fingerprint density at radius 3 is 2.20 bits per heavy atom. The molecule has 1 heterocycles. The van der Waals surface area contributed by atoms with E-state index in [0.29, 0.717) is 24.0 Å². The highest BCUT2D eigenvalue weighted by atomic mass is 16.6. The molecular formula is C38H43N3O8. The van der Waals surface area contributed by atoms with Crippen LogP contribution in [0.5, 0.6) is 11.5 Å². The molecule has 258 valence electrons. The summed E-state index contributed by atoms with van der Waals surface area (Å²) in [6.45, 7) is 6.15. The predicted molar refractivity (Wildman–Crippen MR) is 188 cm³/mol. The van der Waals surface area contributed by atoms with E-state index in [4.69, 9.17) is 18.6 Å². The fourth-order valence-electron chi connectivity index (χ4n) is 5.91. The third-order valence-electron chi connectivity index (χ3n) is 8.37. The number of rotatable bonds is 10. The van der Waals surface area contributed by atoms with Crippen LogP contribution >= 0.6 is 0 Å². The number of carbonyl (C=O) groups excluding carboxylic acids is 3. The molecule has 49 heavy (non-hydrogen) atoms. The largest absolute Gasteiger partial charge is 0.493 e. The number of hydrogen-bond donors (Lipinski definition) is 2. The van der Waals surface area contributed by atoms with Crippen LogP contribution in [0.25, 0.3) is 11.0 Å². The maximum Gasteiger partial charge on any atom is 0.410 e. The second kappa shape index (κ2) is 15.3. The van der Waals surface area contributed by atoms with Gasteiger partial charge in [0.2, 0.25) is 0 Å². The Bertz CT molecular complexity index is 1870. The number of carbonyl (C=O) groups is 3. The van der Waals surface area contributed by atoms with Gasteiger partial charge in [0.25, 0.3) is 11.8 Å². The van der Waals surface area contributed by atoms with Crippen molar-refractivity contribution in [1.29, 1.82) is 0 Å². The number of benzene rings is 3. The van der Waals surface area contributed by atoms with Gasteiger partial charge in [-0.05, 0) is 75.9 Å². The molecule has 1 saturated carbocycles. The second-order valence-electron chi connectivity index (χ2n) is 13.0. The number of hydrogen-bond acceptors (Lipinski definition) is 8. The van der Waals surface area contributed by atoms with E-state index in [-0.39, 0.29) is 51.7 Å². The molecule has 1 aliphatic rings. The van der Waals surface area contributed by atoms with Crippen LogP contribution in [0, 0.1) is 0 Å². The van der Waals surface area contributed by atoms with Gasteiger partial charge < -0.3 is 34.2 Å². The Morgan fingerprint density at radius 2 is 1.53 bits per heavy atom. The molecule has 1 fully saturated rings. The van der Waals surface area contributed by atoms with Crippen LogP contribution in [-0.4, -0.2) is 55.2 Å². The van der Waals surface area contributed by atoms with Crippen LogP contribution in [0.4, 0.5) is 16.2 Å². The van der Waals surface area contributed by atoms with Crippen LogP contribution in [0.3, 0.4) is 0 Å². The van der Waals surface area contributed by atoms with Crippen molar-refractivity contribution in [2.75, 3.05) is 31.4 Å². The van der Waals surface area contributed by atoms with Crippen LogP contribution in [-0.2, 0) is 11.2 Å². The van der Waals surface area contributed by atoms with E-state index >= 15 is 0 Å². The molecule has 0 radical (unpaired) electrons. The average molecular weight is 670 g/mol. The smallest absolute Gasteiger partial charge is 0.410 e. The topological polar surface area (TPSA) is 136 Å². The maximum atomic E-state index is 13.6. The van der Waals surface area contributed by atoms with E-state index in [1.54, 1.807) is 36.4 Å². The van der Waals surface area contributed by atoms with Gasteiger partial charge in [0.1, 0.15) is 11.2 Å². The van der Waals surface area contributed by atoms with Crippen LogP contribution in [0.15, 0.2) is 75.9 Å². The Labute approximate surface area is 285 Å². The zero-order chi connectivity index (χ0) is 35.1. The molecule has 1 aromatic heterocycles. The fraction of sp³-hybridized carbons (Fsp3) is 0.368. The molecule has 4 aromatic rings. The van der Waals surface area contributed by atoms with E-state index in [9.17, 15) is 19.2 Å². The fourth-order valence-corrected chi connectivity index (χ4v) is 5.91. The molecule has 3 aromatic carbocycles. The molecule has 11 heteroatoms. The first-order chi connectivity index (χ1) is 23.5. The highest BCUT2D eigenvalue weighted by Crippen LogP contribution is 2.34. The summed E-state index contributed by atoms with van der Waals surface area (Å²) in [5, 5.41) is 5.91. The first-order valence-corrected chi connectivity index (χ1v) is 16.5. The lowest BCUT2D eigenvalue weighted by Gasteiger charge is -2.35. The zero-order valence-corrected chi connectivity index (χ0v) is 28.6. The quantitative estimate of drug-likeness (QED) is 0.178. The SMILES string of the molecule is COc1cc(NC(=O)c2cc(=O)c3ccccc3o2)c(C(=O)Nc2ccc(CCN(C(=O)OC(C)(C)C)C3CCCCC3)cc2)cc1OC. The molecule has 0 unspecified atom stereocenters. The first kappa shape index (κ1) is 35.0. The van der Waals surface area contributed by atoms with E-state index in [2.05, 4.69) is 10.6 Å². The first-order valence-electron chi connectivity index (χ1n) is 16.5. The molecule has 0 atom stereocenters. The second-order valence-corrected chi connectivity index (χ2v) is 13.0. The van der Waals surface area contributed by atoms with Crippen molar-refractivity contribution in [3.63, 3.8) is 0 Å². The normalized spacial score (nSPS) is 13.4. The van der Waals surface area contributed by atoms with Crippen LogP contribution in [0.1, 0.15) is 79.4 Å². The predicted octanol–water partition coefficient (Wildman–Crippen LogP) is 7.43. The number of nitrogens with one attached hydrogen (secondary N) is 2. The van der Waals surface area contributed by atoms with Gasteiger partial charge in [-0.15, -0.1) is 0 Å². The minimum atomic E-state index is -0.720. The highest BCUT2D eigenvalue weighted by Gasteiger charge is 2.29. The molecule has 0 spiro atoms. The van der Waals surface area contributed by atoms with Crippen LogP contribution < -0.4 is 25.5 Å². The van der Waals surface area contributed by atoms with Gasteiger partial charge in [0.05, 0.1) is 30.9 Å². The van der Waals surface area contributed by atoms with Gasteiger partial charge in [-0.2, -0.15) is 0 Å². The van der Waals surface area contributed by atoms with Gasteiger partial charge >= 0.3 is 6.09 Å². The number of para-hydroxylation sites is 1. The molecule has 3 amide bonds. The minimum Gasteiger partial charge on any atom is -0.493 e. The highest BCUT2D eigenvalue weighted by molar-refractivity contribution is 6.12. The van der Waals surface area contributed by atoms with Gasteiger partial charge in [-0.1, -0.05) is 43.5 Å². The van der Waals surface area contributed by atoms with Crippen molar-refractivity contribution in [3.05, 3.63) is 93.8 Å². The number of amides is 3. The standard InChI is InChI=1S/C38H43N3O8/c1-38(2,3)49-37(45)41(26-11-7-6-8-12-26)20-19-24-15-17-25(18-16-24)39-35(43)28-21-32(46-4)33(47-5)22-29(28)40-36(44)34-23-30(42)27-13-9-10-14-31(27)48-34/h9-10,13-18,21-23,26H,6-8,11-12,19-20H2,1-5H3,(H,39,43)(H,40,44). The van der Waals surface area contributed by atoms with Crippen molar-refractivity contribution >= 4 is 40.3 Å². The third-order valence-corrected chi connectivity index (χ3v) is 8.37. The summed E-state index contributed by atoms with van der Waals surface area (Å²) in [5.74, 6) is -0.883. The Hall–Kier alpha value is -5.32. The van der Waals surface area contributed by atoms with Crippen molar-refractivity contribution in [3.8, 4) is 11.5 Å². The van der Waals surface area contributed by atoms with Crippen molar-refractivity contribution < 1.29 is 33.0 Å². The van der Waals surface area contributed by atoms with Gasteiger partial charge in [-0.25, -0.2) is 4.79 Å².